The van der Waals surface area contributed by atoms with E-state index in [1.807, 2.05) is 43.0 Å². The summed E-state index contributed by atoms with van der Waals surface area (Å²) in [6.45, 7) is 4.27. The Morgan fingerprint density at radius 1 is 1.17 bits per heavy atom. The molecule has 7 heteroatoms. The van der Waals surface area contributed by atoms with E-state index < -0.39 is 10.0 Å². The summed E-state index contributed by atoms with van der Waals surface area (Å²) in [4.78, 5) is 15.2. The van der Waals surface area contributed by atoms with Crippen molar-refractivity contribution in [3.05, 3.63) is 59.7 Å². The highest BCUT2D eigenvalue weighted by atomic mass is 32.2. The van der Waals surface area contributed by atoms with Gasteiger partial charge in [0, 0.05) is 25.2 Å². The SMILES string of the molecule is COc1cccc(C2CCCN2C(=O)c2cccc(S(=O)(=O)N(C)C(C)C)c2)c1. The third-order valence-corrected chi connectivity index (χ3v) is 7.51. The highest BCUT2D eigenvalue weighted by Crippen LogP contribution is 2.34. The second-order valence-electron chi connectivity index (χ2n) is 7.58. The molecule has 1 heterocycles. The number of sulfonamides is 1. The number of carbonyl (C=O) groups excluding carboxylic acids is 1. The average Bonchev–Trinajstić information content (AvgIpc) is 3.22. The smallest absolute Gasteiger partial charge is 0.254 e. The molecule has 3 rings (SSSR count). The van der Waals surface area contributed by atoms with Gasteiger partial charge >= 0.3 is 0 Å². The van der Waals surface area contributed by atoms with Gasteiger partial charge in [0.1, 0.15) is 5.75 Å². The van der Waals surface area contributed by atoms with Crippen LogP contribution in [0.5, 0.6) is 5.75 Å². The molecule has 0 radical (unpaired) electrons. The van der Waals surface area contributed by atoms with Crippen molar-refractivity contribution in [2.24, 2.45) is 0 Å². The fraction of sp³-hybridized carbons (Fsp3) is 0.409. The number of benzene rings is 2. The zero-order chi connectivity index (χ0) is 21.2. The molecule has 0 N–H and O–H groups in total. The summed E-state index contributed by atoms with van der Waals surface area (Å²) in [7, 11) is -0.475. The van der Waals surface area contributed by atoms with Crippen molar-refractivity contribution < 1.29 is 17.9 Å². The van der Waals surface area contributed by atoms with Crippen molar-refractivity contribution in [3.63, 3.8) is 0 Å². The molecular formula is C22H28N2O4S. The maximum Gasteiger partial charge on any atom is 0.254 e. The molecule has 1 fully saturated rings. The molecule has 29 heavy (non-hydrogen) atoms. The largest absolute Gasteiger partial charge is 0.497 e. The van der Waals surface area contributed by atoms with E-state index in [1.54, 1.807) is 26.3 Å². The maximum absolute atomic E-state index is 13.3. The van der Waals surface area contributed by atoms with Crippen LogP contribution in [0.2, 0.25) is 0 Å². The quantitative estimate of drug-likeness (QED) is 0.720. The lowest BCUT2D eigenvalue weighted by molar-refractivity contribution is 0.0735. The number of methoxy groups -OCH3 is 1. The summed E-state index contributed by atoms with van der Waals surface area (Å²) in [5.41, 5.74) is 1.41. The molecule has 156 valence electrons. The average molecular weight is 417 g/mol. The monoisotopic (exact) mass is 416 g/mol. The van der Waals surface area contributed by atoms with Gasteiger partial charge in [0.05, 0.1) is 18.0 Å². The van der Waals surface area contributed by atoms with Crippen LogP contribution in [0.4, 0.5) is 0 Å². The Hall–Kier alpha value is -2.38. The maximum atomic E-state index is 13.3. The molecule has 0 spiro atoms. The minimum Gasteiger partial charge on any atom is -0.497 e. The summed E-state index contributed by atoms with van der Waals surface area (Å²) in [5, 5.41) is 0. The first-order valence-corrected chi connectivity index (χ1v) is 11.2. The van der Waals surface area contributed by atoms with Gasteiger partial charge in [0.25, 0.3) is 5.91 Å². The van der Waals surface area contributed by atoms with Crippen molar-refractivity contribution >= 4 is 15.9 Å². The van der Waals surface area contributed by atoms with E-state index in [0.717, 1.165) is 24.2 Å². The Bertz CT molecular complexity index is 988. The zero-order valence-corrected chi connectivity index (χ0v) is 18.1. The van der Waals surface area contributed by atoms with Gasteiger partial charge in [0.15, 0.2) is 0 Å². The van der Waals surface area contributed by atoms with Gasteiger partial charge < -0.3 is 9.64 Å². The number of rotatable bonds is 6. The van der Waals surface area contributed by atoms with E-state index in [2.05, 4.69) is 0 Å². The Labute approximate surface area is 173 Å². The number of carbonyl (C=O) groups is 1. The van der Waals surface area contributed by atoms with E-state index in [4.69, 9.17) is 4.74 Å². The number of likely N-dealkylation sites (tertiary alicyclic amines) is 1. The van der Waals surface area contributed by atoms with Crippen LogP contribution in [0, 0.1) is 0 Å². The topological polar surface area (TPSA) is 66.9 Å². The number of nitrogens with zero attached hydrogens (tertiary/aromatic N) is 2. The minimum absolute atomic E-state index is 0.0452. The van der Waals surface area contributed by atoms with Crippen LogP contribution in [0.3, 0.4) is 0 Å². The lowest BCUT2D eigenvalue weighted by atomic mass is 10.0. The Morgan fingerprint density at radius 3 is 2.59 bits per heavy atom. The van der Waals surface area contributed by atoms with E-state index in [0.29, 0.717) is 12.1 Å². The Balaban J connectivity index is 1.90. The zero-order valence-electron chi connectivity index (χ0n) is 17.3. The lowest BCUT2D eigenvalue weighted by Gasteiger charge is -2.26. The van der Waals surface area contributed by atoms with Crippen LogP contribution in [-0.2, 0) is 10.0 Å². The van der Waals surface area contributed by atoms with Crippen molar-refractivity contribution in [1.82, 2.24) is 9.21 Å². The minimum atomic E-state index is -3.65. The van der Waals surface area contributed by atoms with Gasteiger partial charge in [-0.1, -0.05) is 18.2 Å². The molecule has 2 aromatic rings. The molecule has 2 aromatic carbocycles. The normalized spacial score (nSPS) is 17.2. The Morgan fingerprint density at radius 2 is 1.90 bits per heavy atom. The summed E-state index contributed by atoms with van der Waals surface area (Å²) in [5.74, 6) is 0.603. The molecular weight excluding hydrogens is 388 g/mol. The second-order valence-corrected chi connectivity index (χ2v) is 9.57. The second kappa shape index (κ2) is 8.55. The van der Waals surface area contributed by atoms with Crippen molar-refractivity contribution in [1.29, 1.82) is 0 Å². The summed E-state index contributed by atoms with van der Waals surface area (Å²) in [6.07, 6.45) is 1.77. The van der Waals surface area contributed by atoms with E-state index >= 15 is 0 Å². The molecule has 1 unspecified atom stereocenters. The number of ether oxygens (including phenoxy) is 1. The molecule has 0 aromatic heterocycles. The predicted molar refractivity (Wildman–Crippen MR) is 113 cm³/mol. The summed E-state index contributed by atoms with van der Waals surface area (Å²) in [6, 6.07) is 13.9. The third kappa shape index (κ3) is 4.31. The summed E-state index contributed by atoms with van der Waals surface area (Å²) >= 11 is 0. The number of hydrogen-bond donors (Lipinski definition) is 0. The lowest BCUT2D eigenvalue weighted by Crippen LogP contribution is -2.33. The van der Waals surface area contributed by atoms with E-state index in [1.165, 1.54) is 16.4 Å². The molecule has 6 nitrogen and oxygen atoms in total. The van der Waals surface area contributed by atoms with Gasteiger partial charge in [-0.25, -0.2) is 8.42 Å². The van der Waals surface area contributed by atoms with Crippen LogP contribution >= 0.6 is 0 Å². The van der Waals surface area contributed by atoms with E-state index in [-0.39, 0.29) is 22.9 Å². The molecule has 1 atom stereocenters. The summed E-state index contributed by atoms with van der Waals surface area (Å²) < 4.78 is 32.3. The van der Waals surface area contributed by atoms with Crippen molar-refractivity contribution in [2.75, 3.05) is 20.7 Å². The molecule has 1 aliphatic rings. The van der Waals surface area contributed by atoms with Gasteiger partial charge in [0.2, 0.25) is 10.0 Å². The predicted octanol–water partition coefficient (Wildman–Crippen LogP) is 3.70. The fourth-order valence-electron chi connectivity index (χ4n) is 3.60. The molecule has 1 amide bonds. The van der Waals surface area contributed by atoms with Crippen LogP contribution in [0.15, 0.2) is 53.4 Å². The van der Waals surface area contributed by atoms with Crippen LogP contribution in [0.1, 0.15) is 48.7 Å². The third-order valence-electron chi connectivity index (χ3n) is 5.48. The highest BCUT2D eigenvalue weighted by Gasteiger charge is 2.32. The van der Waals surface area contributed by atoms with Crippen molar-refractivity contribution in [3.8, 4) is 5.75 Å². The fourth-order valence-corrected chi connectivity index (χ4v) is 5.02. The van der Waals surface area contributed by atoms with Gasteiger partial charge in [-0.05, 0) is 62.6 Å². The highest BCUT2D eigenvalue weighted by molar-refractivity contribution is 7.89. The van der Waals surface area contributed by atoms with Gasteiger partial charge in [-0.3, -0.25) is 4.79 Å². The molecule has 1 aliphatic heterocycles. The Kier molecular flexibility index (Phi) is 6.29. The number of amides is 1. The van der Waals surface area contributed by atoms with Gasteiger partial charge in [-0.2, -0.15) is 4.31 Å². The van der Waals surface area contributed by atoms with Crippen LogP contribution in [0.25, 0.3) is 0 Å². The number of hydrogen-bond acceptors (Lipinski definition) is 4. The van der Waals surface area contributed by atoms with E-state index in [9.17, 15) is 13.2 Å². The first-order valence-electron chi connectivity index (χ1n) is 9.78. The molecule has 1 saturated heterocycles. The molecule has 0 aliphatic carbocycles. The molecule has 0 bridgehead atoms. The molecule has 0 saturated carbocycles. The standard InChI is InChI=1S/C22H28N2O4S/c1-16(2)23(3)29(26,27)20-11-6-9-18(15-20)22(25)24-13-7-12-21(24)17-8-5-10-19(14-17)28-4/h5-6,8-11,14-16,21H,7,12-13H2,1-4H3. The van der Waals surface area contributed by atoms with Crippen LogP contribution in [-0.4, -0.2) is 50.3 Å². The van der Waals surface area contributed by atoms with Crippen molar-refractivity contribution in [2.45, 2.75) is 43.7 Å². The van der Waals surface area contributed by atoms with Crippen LogP contribution < -0.4 is 4.74 Å². The first kappa shape index (κ1) is 21.3. The first-order chi connectivity index (χ1) is 13.8. The van der Waals surface area contributed by atoms with Gasteiger partial charge in [-0.15, -0.1) is 0 Å².